The predicted molar refractivity (Wildman–Crippen MR) is 78.4 cm³/mol. The minimum atomic E-state index is 0.141. The number of hydrogen-bond acceptors (Lipinski definition) is 2. The normalized spacial score (nSPS) is 9.32. The standard InChI is InChI=1S/C14H18N2O.C2H6/c1-11(2)7-14(17)16(3)10-13-6-4-5-12(8-13)9-15;1-2/h4-6,8,11H,7,10H2,1-3H3;1-2H3. The average Bonchev–Trinajstić information content (AvgIpc) is 2.40. The summed E-state index contributed by atoms with van der Waals surface area (Å²) in [7, 11) is 1.80. The third kappa shape index (κ3) is 6.61. The molecule has 0 atom stereocenters. The Bertz CT molecular complexity index is 433. The Balaban J connectivity index is 0.00000154. The van der Waals surface area contributed by atoms with E-state index in [2.05, 4.69) is 6.07 Å². The van der Waals surface area contributed by atoms with Gasteiger partial charge in [-0.3, -0.25) is 4.79 Å². The number of carbonyl (C=O) groups excluding carboxylic acids is 1. The van der Waals surface area contributed by atoms with Crippen molar-refractivity contribution in [2.75, 3.05) is 7.05 Å². The fourth-order valence-corrected chi connectivity index (χ4v) is 1.61. The van der Waals surface area contributed by atoms with Crippen molar-refractivity contribution in [2.24, 2.45) is 5.92 Å². The van der Waals surface area contributed by atoms with Crippen molar-refractivity contribution in [2.45, 2.75) is 40.7 Å². The first-order valence-electron chi connectivity index (χ1n) is 6.76. The molecule has 0 saturated heterocycles. The summed E-state index contributed by atoms with van der Waals surface area (Å²) in [6.45, 7) is 8.62. The molecule has 1 aromatic carbocycles. The Hall–Kier alpha value is -1.82. The molecule has 0 aliphatic heterocycles. The van der Waals surface area contributed by atoms with Gasteiger partial charge in [-0.05, 0) is 23.6 Å². The number of nitrogens with zero attached hydrogens (tertiary/aromatic N) is 2. The lowest BCUT2D eigenvalue weighted by molar-refractivity contribution is -0.131. The van der Waals surface area contributed by atoms with E-state index < -0.39 is 0 Å². The second kappa shape index (κ2) is 9.16. The molecule has 104 valence electrons. The summed E-state index contributed by atoms with van der Waals surface area (Å²) in [6.07, 6.45) is 0.564. The maximum atomic E-state index is 11.8. The van der Waals surface area contributed by atoms with E-state index in [0.29, 0.717) is 24.4 Å². The fourth-order valence-electron chi connectivity index (χ4n) is 1.61. The lowest BCUT2D eigenvalue weighted by atomic mass is 10.1. The number of amides is 1. The molecular weight excluding hydrogens is 236 g/mol. The first kappa shape index (κ1) is 17.2. The third-order valence-corrected chi connectivity index (χ3v) is 2.48. The Morgan fingerprint density at radius 3 is 2.53 bits per heavy atom. The molecule has 3 heteroatoms. The third-order valence-electron chi connectivity index (χ3n) is 2.48. The largest absolute Gasteiger partial charge is 0.341 e. The summed E-state index contributed by atoms with van der Waals surface area (Å²) in [5.41, 5.74) is 1.62. The summed E-state index contributed by atoms with van der Waals surface area (Å²) in [5, 5.41) is 8.79. The van der Waals surface area contributed by atoms with Crippen LogP contribution in [-0.4, -0.2) is 17.9 Å². The molecule has 1 aromatic rings. The number of carbonyl (C=O) groups is 1. The zero-order valence-corrected chi connectivity index (χ0v) is 12.6. The van der Waals surface area contributed by atoms with E-state index in [0.717, 1.165) is 5.56 Å². The van der Waals surface area contributed by atoms with Gasteiger partial charge in [0, 0.05) is 20.0 Å². The highest BCUT2D eigenvalue weighted by Crippen LogP contribution is 2.09. The molecule has 0 fully saturated rings. The van der Waals surface area contributed by atoms with E-state index in [1.807, 2.05) is 45.9 Å². The van der Waals surface area contributed by atoms with Crippen LogP contribution in [-0.2, 0) is 11.3 Å². The Labute approximate surface area is 116 Å². The summed E-state index contributed by atoms with van der Waals surface area (Å²) < 4.78 is 0. The highest BCUT2D eigenvalue weighted by molar-refractivity contribution is 5.76. The smallest absolute Gasteiger partial charge is 0.222 e. The van der Waals surface area contributed by atoms with Gasteiger partial charge in [0.2, 0.25) is 5.91 Å². The molecule has 1 rings (SSSR count). The minimum absolute atomic E-state index is 0.141. The van der Waals surface area contributed by atoms with Crippen LogP contribution in [0.15, 0.2) is 24.3 Å². The van der Waals surface area contributed by atoms with Gasteiger partial charge in [-0.2, -0.15) is 5.26 Å². The Morgan fingerprint density at radius 2 is 2.00 bits per heavy atom. The van der Waals surface area contributed by atoms with Gasteiger partial charge in [-0.25, -0.2) is 0 Å². The molecular formula is C16H24N2O. The zero-order valence-electron chi connectivity index (χ0n) is 12.6. The predicted octanol–water partition coefficient (Wildman–Crippen LogP) is 3.59. The van der Waals surface area contributed by atoms with Gasteiger partial charge in [-0.15, -0.1) is 0 Å². The van der Waals surface area contributed by atoms with E-state index in [-0.39, 0.29) is 5.91 Å². The lowest BCUT2D eigenvalue weighted by Crippen LogP contribution is -2.27. The van der Waals surface area contributed by atoms with Crippen LogP contribution in [0, 0.1) is 17.2 Å². The maximum absolute atomic E-state index is 11.8. The molecule has 0 aliphatic carbocycles. The summed E-state index contributed by atoms with van der Waals surface area (Å²) in [5.74, 6) is 0.512. The van der Waals surface area contributed by atoms with Crippen molar-refractivity contribution in [3.8, 4) is 6.07 Å². The average molecular weight is 260 g/mol. The van der Waals surface area contributed by atoms with Crippen molar-refractivity contribution in [3.05, 3.63) is 35.4 Å². The van der Waals surface area contributed by atoms with Gasteiger partial charge in [0.1, 0.15) is 0 Å². The van der Waals surface area contributed by atoms with Gasteiger partial charge in [0.25, 0.3) is 0 Å². The molecule has 0 N–H and O–H groups in total. The first-order chi connectivity index (χ1) is 9.02. The number of rotatable bonds is 4. The monoisotopic (exact) mass is 260 g/mol. The zero-order chi connectivity index (χ0) is 14.8. The van der Waals surface area contributed by atoms with Crippen LogP contribution in [0.25, 0.3) is 0 Å². The number of nitriles is 1. The van der Waals surface area contributed by atoms with E-state index in [9.17, 15) is 4.79 Å². The highest BCUT2D eigenvalue weighted by atomic mass is 16.2. The van der Waals surface area contributed by atoms with E-state index in [4.69, 9.17) is 5.26 Å². The fraction of sp³-hybridized carbons (Fsp3) is 0.500. The van der Waals surface area contributed by atoms with Crippen molar-refractivity contribution in [1.29, 1.82) is 5.26 Å². The van der Waals surface area contributed by atoms with Crippen molar-refractivity contribution in [3.63, 3.8) is 0 Å². The topological polar surface area (TPSA) is 44.1 Å². The second-order valence-corrected chi connectivity index (χ2v) is 4.66. The van der Waals surface area contributed by atoms with Gasteiger partial charge in [0.05, 0.1) is 11.6 Å². The molecule has 1 amide bonds. The summed E-state index contributed by atoms with van der Waals surface area (Å²) in [6, 6.07) is 9.45. The number of hydrogen-bond donors (Lipinski definition) is 0. The van der Waals surface area contributed by atoms with Gasteiger partial charge >= 0.3 is 0 Å². The van der Waals surface area contributed by atoms with Crippen molar-refractivity contribution < 1.29 is 4.79 Å². The molecule has 0 spiro atoms. The van der Waals surface area contributed by atoms with Crippen LogP contribution in [0.5, 0.6) is 0 Å². The molecule has 19 heavy (non-hydrogen) atoms. The molecule has 0 aliphatic rings. The van der Waals surface area contributed by atoms with Crippen molar-refractivity contribution in [1.82, 2.24) is 4.90 Å². The minimum Gasteiger partial charge on any atom is -0.341 e. The SMILES string of the molecule is CC.CC(C)CC(=O)N(C)Cc1cccc(C#N)c1. The maximum Gasteiger partial charge on any atom is 0.222 e. The van der Waals surface area contributed by atoms with Crippen LogP contribution >= 0.6 is 0 Å². The van der Waals surface area contributed by atoms with Gasteiger partial charge in [-0.1, -0.05) is 39.8 Å². The number of benzene rings is 1. The molecule has 0 aromatic heterocycles. The first-order valence-corrected chi connectivity index (χ1v) is 6.76. The van der Waals surface area contributed by atoms with Crippen LogP contribution in [0.4, 0.5) is 0 Å². The van der Waals surface area contributed by atoms with Gasteiger partial charge in [0.15, 0.2) is 0 Å². The summed E-state index contributed by atoms with van der Waals surface area (Å²) >= 11 is 0. The van der Waals surface area contributed by atoms with Gasteiger partial charge < -0.3 is 4.90 Å². The molecule has 0 unspecified atom stereocenters. The van der Waals surface area contributed by atoms with E-state index in [1.165, 1.54) is 0 Å². The Morgan fingerprint density at radius 1 is 1.37 bits per heavy atom. The summed E-state index contributed by atoms with van der Waals surface area (Å²) in [4.78, 5) is 13.5. The Kier molecular flexibility index (Phi) is 8.28. The van der Waals surface area contributed by atoms with Crippen molar-refractivity contribution >= 4 is 5.91 Å². The lowest BCUT2D eigenvalue weighted by Gasteiger charge is -2.18. The van der Waals surface area contributed by atoms with Crippen LogP contribution in [0.2, 0.25) is 0 Å². The molecule has 3 nitrogen and oxygen atoms in total. The van der Waals surface area contributed by atoms with E-state index in [1.54, 1.807) is 18.0 Å². The highest BCUT2D eigenvalue weighted by Gasteiger charge is 2.11. The second-order valence-electron chi connectivity index (χ2n) is 4.66. The van der Waals surface area contributed by atoms with Crippen LogP contribution < -0.4 is 0 Å². The van der Waals surface area contributed by atoms with Crippen LogP contribution in [0.3, 0.4) is 0 Å². The molecule has 0 heterocycles. The molecule has 0 bridgehead atoms. The molecule has 0 saturated carbocycles. The van der Waals surface area contributed by atoms with E-state index >= 15 is 0 Å². The quantitative estimate of drug-likeness (QED) is 0.830. The van der Waals surface area contributed by atoms with Crippen LogP contribution in [0.1, 0.15) is 45.2 Å². The molecule has 0 radical (unpaired) electrons.